The molecule has 1 N–H and O–H groups in total. The van der Waals surface area contributed by atoms with Crippen LogP contribution in [-0.4, -0.2) is 47.1 Å². The fraction of sp³-hybridized carbons (Fsp3) is 0.818. The number of carbonyl (C=O) groups is 2. The Morgan fingerprint density at radius 3 is 2.37 bits per heavy atom. The van der Waals surface area contributed by atoms with Crippen LogP contribution in [0.25, 0.3) is 0 Å². The van der Waals surface area contributed by atoms with Gasteiger partial charge in [-0.3, -0.25) is 9.59 Å². The first-order valence-corrected chi connectivity index (χ1v) is 6.79. The van der Waals surface area contributed by atoms with Gasteiger partial charge in [-0.2, -0.15) is 13.2 Å². The average Bonchev–Trinajstić information content (AvgIpc) is 2.19. The highest BCUT2D eigenvalue weighted by Gasteiger charge is 2.42. The Balaban J connectivity index is 2.74. The Hall–Kier alpha value is -0.920. The van der Waals surface area contributed by atoms with E-state index in [2.05, 4.69) is 5.32 Å². The lowest BCUT2D eigenvalue weighted by Crippen LogP contribution is -2.63. The van der Waals surface area contributed by atoms with Gasteiger partial charge in [-0.1, -0.05) is 20.8 Å². The molecule has 0 saturated carbocycles. The van der Waals surface area contributed by atoms with Crippen LogP contribution in [0.3, 0.4) is 0 Å². The summed E-state index contributed by atoms with van der Waals surface area (Å²) in [5.41, 5.74) is -4.85. The standard InChI is InChI=1S/C11H17F3N2O2S/c1-10(2,3)8-9(18)15-6-7(17)16(8)4-5-19-11(12,13)14/h8H,4-6H2,1-3H3,(H,15,18). The molecule has 1 atom stereocenters. The number of alkyl halides is 3. The van der Waals surface area contributed by atoms with E-state index in [1.54, 1.807) is 20.8 Å². The Kier molecular flexibility index (Phi) is 4.76. The van der Waals surface area contributed by atoms with Crippen molar-refractivity contribution in [3.05, 3.63) is 0 Å². The summed E-state index contributed by atoms with van der Waals surface area (Å²) in [5.74, 6) is -0.929. The third-order valence-corrected chi connectivity index (χ3v) is 3.43. The fourth-order valence-corrected chi connectivity index (χ4v) is 2.54. The summed E-state index contributed by atoms with van der Waals surface area (Å²) in [4.78, 5) is 24.8. The van der Waals surface area contributed by atoms with E-state index < -0.39 is 17.0 Å². The zero-order chi connectivity index (χ0) is 14.8. The second-order valence-electron chi connectivity index (χ2n) is 5.37. The summed E-state index contributed by atoms with van der Waals surface area (Å²) < 4.78 is 36.3. The molecule has 1 aliphatic rings. The second-order valence-corrected chi connectivity index (χ2v) is 6.53. The molecule has 1 unspecified atom stereocenters. The zero-order valence-corrected chi connectivity index (χ0v) is 11.8. The number of nitrogens with zero attached hydrogens (tertiary/aromatic N) is 1. The highest BCUT2D eigenvalue weighted by Crippen LogP contribution is 2.31. The summed E-state index contributed by atoms with van der Waals surface area (Å²) in [6, 6.07) is -0.734. The van der Waals surface area contributed by atoms with Crippen LogP contribution < -0.4 is 5.32 Å². The maximum absolute atomic E-state index is 12.1. The molecule has 2 amide bonds. The minimum Gasteiger partial charge on any atom is -0.345 e. The molecule has 1 aliphatic heterocycles. The van der Waals surface area contributed by atoms with E-state index in [1.165, 1.54) is 4.90 Å². The van der Waals surface area contributed by atoms with E-state index in [-0.39, 0.29) is 42.4 Å². The Labute approximate surface area is 114 Å². The summed E-state index contributed by atoms with van der Waals surface area (Å²) in [5, 5.41) is 2.47. The van der Waals surface area contributed by atoms with Gasteiger partial charge < -0.3 is 10.2 Å². The number of hydrogen-bond donors (Lipinski definition) is 1. The van der Waals surface area contributed by atoms with Crippen molar-refractivity contribution >= 4 is 23.6 Å². The summed E-state index contributed by atoms with van der Waals surface area (Å²) in [7, 11) is 0. The van der Waals surface area contributed by atoms with Crippen molar-refractivity contribution in [3.63, 3.8) is 0 Å². The van der Waals surface area contributed by atoms with Crippen molar-refractivity contribution in [1.29, 1.82) is 0 Å². The highest BCUT2D eigenvalue weighted by molar-refractivity contribution is 8.00. The van der Waals surface area contributed by atoms with Gasteiger partial charge in [-0.25, -0.2) is 0 Å². The topological polar surface area (TPSA) is 49.4 Å². The van der Waals surface area contributed by atoms with Crippen molar-refractivity contribution in [1.82, 2.24) is 10.2 Å². The molecule has 0 aromatic carbocycles. The van der Waals surface area contributed by atoms with Crippen LogP contribution in [0.1, 0.15) is 20.8 Å². The number of carbonyl (C=O) groups excluding carboxylic acids is 2. The van der Waals surface area contributed by atoms with Gasteiger partial charge in [0.1, 0.15) is 6.04 Å². The molecule has 0 radical (unpaired) electrons. The van der Waals surface area contributed by atoms with Crippen molar-refractivity contribution < 1.29 is 22.8 Å². The number of nitrogens with one attached hydrogen (secondary N) is 1. The molecular formula is C11H17F3N2O2S. The van der Waals surface area contributed by atoms with Gasteiger partial charge in [0.2, 0.25) is 11.8 Å². The molecule has 1 heterocycles. The molecule has 110 valence electrons. The molecule has 0 aromatic rings. The molecule has 0 aromatic heterocycles. The lowest BCUT2D eigenvalue weighted by atomic mass is 9.84. The molecule has 1 fully saturated rings. The number of amides is 2. The van der Waals surface area contributed by atoms with Crippen LogP contribution in [0.5, 0.6) is 0 Å². The van der Waals surface area contributed by atoms with Gasteiger partial charge in [0, 0.05) is 12.3 Å². The third-order valence-electron chi connectivity index (χ3n) is 2.71. The molecular weight excluding hydrogens is 281 g/mol. The molecule has 1 rings (SSSR count). The van der Waals surface area contributed by atoms with Gasteiger partial charge in [-0.15, -0.1) is 0 Å². The lowest BCUT2D eigenvalue weighted by molar-refractivity contribution is -0.149. The summed E-state index contributed by atoms with van der Waals surface area (Å²) in [6.07, 6.45) is 0. The predicted molar refractivity (Wildman–Crippen MR) is 66.5 cm³/mol. The maximum atomic E-state index is 12.1. The van der Waals surface area contributed by atoms with Crippen LogP contribution in [0.4, 0.5) is 13.2 Å². The Morgan fingerprint density at radius 1 is 1.32 bits per heavy atom. The first-order chi connectivity index (χ1) is 8.52. The van der Waals surface area contributed by atoms with Crippen LogP contribution >= 0.6 is 11.8 Å². The van der Waals surface area contributed by atoms with E-state index in [9.17, 15) is 22.8 Å². The predicted octanol–water partition coefficient (Wildman–Crippen LogP) is 1.61. The SMILES string of the molecule is CC(C)(C)C1C(=O)NCC(=O)N1CCSC(F)(F)F. The third kappa shape index (κ3) is 4.59. The number of hydrogen-bond acceptors (Lipinski definition) is 3. The van der Waals surface area contributed by atoms with Crippen LogP contribution in [0.15, 0.2) is 0 Å². The summed E-state index contributed by atoms with van der Waals surface area (Å²) in [6.45, 7) is 5.10. The van der Waals surface area contributed by atoms with E-state index in [1.807, 2.05) is 0 Å². The molecule has 0 bridgehead atoms. The number of thioether (sulfide) groups is 1. The molecule has 19 heavy (non-hydrogen) atoms. The molecule has 8 heteroatoms. The van der Waals surface area contributed by atoms with Crippen molar-refractivity contribution in [3.8, 4) is 0 Å². The van der Waals surface area contributed by atoms with Crippen molar-refractivity contribution in [2.24, 2.45) is 5.41 Å². The van der Waals surface area contributed by atoms with E-state index in [4.69, 9.17) is 0 Å². The highest BCUT2D eigenvalue weighted by atomic mass is 32.2. The van der Waals surface area contributed by atoms with Crippen LogP contribution in [0, 0.1) is 5.41 Å². The lowest BCUT2D eigenvalue weighted by Gasteiger charge is -2.42. The average molecular weight is 298 g/mol. The maximum Gasteiger partial charge on any atom is 0.441 e. The van der Waals surface area contributed by atoms with E-state index in [0.717, 1.165) is 0 Å². The van der Waals surface area contributed by atoms with Gasteiger partial charge in [0.05, 0.1) is 6.54 Å². The molecule has 4 nitrogen and oxygen atoms in total. The van der Waals surface area contributed by atoms with Crippen LogP contribution in [-0.2, 0) is 9.59 Å². The van der Waals surface area contributed by atoms with Gasteiger partial charge in [0.15, 0.2) is 0 Å². The van der Waals surface area contributed by atoms with Crippen molar-refractivity contribution in [2.45, 2.75) is 32.3 Å². The zero-order valence-electron chi connectivity index (χ0n) is 11.0. The molecule has 0 aliphatic carbocycles. The van der Waals surface area contributed by atoms with Crippen LogP contribution in [0.2, 0.25) is 0 Å². The quantitative estimate of drug-likeness (QED) is 0.861. The smallest absolute Gasteiger partial charge is 0.345 e. The van der Waals surface area contributed by atoms with Crippen molar-refractivity contribution in [2.75, 3.05) is 18.8 Å². The number of halogens is 3. The second kappa shape index (κ2) is 5.60. The van der Waals surface area contributed by atoms with Gasteiger partial charge in [-0.05, 0) is 17.2 Å². The largest absolute Gasteiger partial charge is 0.441 e. The van der Waals surface area contributed by atoms with Gasteiger partial charge in [0.25, 0.3) is 0 Å². The number of piperazine rings is 1. The monoisotopic (exact) mass is 298 g/mol. The molecule has 0 spiro atoms. The Bertz CT molecular complexity index is 366. The number of rotatable bonds is 3. The first kappa shape index (κ1) is 16.1. The molecule has 1 saturated heterocycles. The summed E-state index contributed by atoms with van der Waals surface area (Å²) >= 11 is -0.182. The first-order valence-electron chi connectivity index (χ1n) is 5.80. The minimum atomic E-state index is -4.32. The normalized spacial score (nSPS) is 21.6. The van der Waals surface area contributed by atoms with Gasteiger partial charge >= 0.3 is 5.51 Å². The van der Waals surface area contributed by atoms with E-state index in [0.29, 0.717) is 0 Å². The van der Waals surface area contributed by atoms with E-state index >= 15 is 0 Å². The Morgan fingerprint density at radius 2 is 1.89 bits per heavy atom. The fourth-order valence-electron chi connectivity index (χ4n) is 2.02. The minimum absolute atomic E-state index is 0.0850.